The second kappa shape index (κ2) is 6.32. The summed E-state index contributed by atoms with van der Waals surface area (Å²) < 4.78 is 0. The van der Waals surface area contributed by atoms with Gasteiger partial charge < -0.3 is 15.5 Å². The molecule has 1 heterocycles. The second-order valence-electron chi connectivity index (χ2n) is 6.17. The fourth-order valence-electron chi connectivity index (χ4n) is 2.95. The number of carbonyl (C=O) groups excluding carboxylic acids is 1. The van der Waals surface area contributed by atoms with Crippen LogP contribution in [0.15, 0.2) is 42.5 Å². The van der Waals surface area contributed by atoms with Crippen molar-refractivity contribution in [3.8, 4) is 0 Å². The molecule has 1 saturated heterocycles. The number of rotatable bonds is 2. The lowest BCUT2D eigenvalue weighted by atomic mass is 10.1. The van der Waals surface area contributed by atoms with E-state index in [0.717, 1.165) is 48.7 Å². The minimum absolute atomic E-state index is 0.125. The summed E-state index contributed by atoms with van der Waals surface area (Å²) >= 11 is 0. The molecule has 0 unspecified atom stereocenters. The highest BCUT2D eigenvalue weighted by Crippen LogP contribution is 2.20. The molecule has 0 atom stereocenters. The van der Waals surface area contributed by atoms with E-state index < -0.39 is 0 Å². The molecular formula is C19H23N3O. The van der Waals surface area contributed by atoms with Crippen LogP contribution in [0, 0.1) is 13.8 Å². The van der Waals surface area contributed by atoms with Crippen molar-refractivity contribution in [2.75, 3.05) is 36.8 Å². The van der Waals surface area contributed by atoms with Crippen molar-refractivity contribution < 1.29 is 4.79 Å². The summed E-state index contributed by atoms with van der Waals surface area (Å²) in [7, 11) is 0. The number of hydrogen-bond donors (Lipinski definition) is 1. The Kier molecular flexibility index (Phi) is 4.24. The molecule has 0 saturated carbocycles. The van der Waals surface area contributed by atoms with Crippen molar-refractivity contribution in [3.63, 3.8) is 0 Å². The molecule has 0 bridgehead atoms. The van der Waals surface area contributed by atoms with Gasteiger partial charge in [-0.2, -0.15) is 0 Å². The van der Waals surface area contributed by atoms with Crippen LogP contribution in [0.5, 0.6) is 0 Å². The van der Waals surface area contributed by atoms with Crippen molar-refractivity contribution >= 4 is 17.3 Å². The van der Waals surface area contributed by atoms with E-state index in [0.29, 0.717) is 0 Å². The standard InChI is InChI=1S/C19H23N3O/c1-14-6-7-16(12-15(14)2)19(23)22-10-8-21(9-11-22)18-5-3-4-17(20)13-18/h3-7,12-13H,8-11,20H2,1-2H3. The van der Waals surface area contributed by atoms with E-state index in [9.17, 15) is 4.79 Å². The van der Waals surface area contributed by atoms with Gasteiger partial charge in [0.1, 0.15) is 0 Å². The average Bonchev–Trinajstić information content (AvgIpc) is 2.57. The van der Waals surface area contributed by atoms with E-state index in [4.69, 9.17) is 5.73 Å². The van der Waals surface area contributed by atoms with Crippen LogP contribution in [0.1, 0.15) is 21.5 Å². The summed E-state index contributed by atoms with van der Waals surface area (Å²) in [5.74, 6) is 0.125. The fourth-order valence-corrected chi connectivity index (χ4v) is 2.95. The van der Waals surface area contributed by atoms with Crippen molar-refractivity contribution in [2.45, 2.75) is 13.8 Å². The molecule has 2 aromatic carbocycles. The number of benzene rings is 2. The van der Waals surface area contributed by atoms with Crippen molar-refractivity contribution in [2.24, 2.45) is 0 Å². The number of aryl methyl sites for hydroxylation is 2. The molecule has 2 N–H and O–H groups in total. The van der Waals surface area contributed by atoms with Gasteiger partial charge in [0, 0.05) is 43.1 Å². The molecule has 1 aliphatic heterocycles. The topological polar surface area (TPSA) is 49.6 Å². The third-order valence-electron chi connectivity index (χ3n) is 4.56. The third-order valence-corrected chi connectivity index (χ3v) is 4.56. The zero-order valence-electron chi connectivity index (χ0n) is 13.7. The van der Waals surface area contributed by atoms with Crippen LogP contribution in [0.2, 0.25) is 0 Å². The molecule has 4 nitrogen and oxygen atoms in total. The summed E-state index contributed by atoms with van der Waals surface area (Å²) in [6, 6.07) is 13.8. The van der Waals surface area contributed by atoms with Crippen LogP contribution < -0.4 is 10.6 Å². The second-order valence-corrected chi connectivity index (χ2v) is 6.17. The number of anilines is 2. The highest BCUT2D eigenvalue weighted by molar-refractivity contribution is 5.94. The highest BCUT2D eigenvalue weighted by atomic mass is 16.2. The first kappa shape index (κ1) is 15.4. The van der Waals surface area contributed by atoms with Gasteiger partial charge >= 0.3 is 0 Å². The number of nitrogens with zero attached hydrogens (tertiary/aromatic N) is 2. The van der Waals surface area contributed by atoms with E-state index in [2.05, 4.69) is 17.9 Å². The quantitative estimate of drug-likeness (QED) is 0.868. The van der Waals surface area contributed by atoms with E-state index >= 15 is 0 Å². The average molecular weight is 309 g/mol. The molecule has 1 fully saturated rings. The van der Waals surface area contributed by atoms with Gasteiger partial charge in [-0.3, -0.25) is 4.79 Å². The number of amides is 1. The SMILES string of the molecule is Cc1ccc(C(=O)N2CCN(c3cccc(N)c3)CC2)cc1C. The summed E-state index contributed by atoms with van der Waals surface area (Å²) in [6.45, 7) is 7.25. The molecule has 0 radical (unpaired) electrons. The Morgan fingerprint density at radius 3 is 2.35 bits per heavy atom. The first-order chi connectivity index (χ1) is 11.0. The lowest BCUT2D eigenvalue weighted by molar-refractivity contribution is 0.0746. The number of nitrogen functional groups attached to an aromatic ring is 1. The third kappa shape index (κ3) is 3.31. The smallest absolute Gasteiger partial charge is 0.253 e. The molecule has 4 heteroatoms. The number of piperazine rings is 1. The normalized spacial score (nSPS) is 14.9. The van der Waals surface area contributed by atoms with Crippen molar-refractivity contribution in [3.05, 3.63) is 59.2 Å². The molecule has 1 aliphatic rings. The Labute approximate surface area is 137 Å². The number of hydrogen-bond acceptors (Lipinski definition) is 3. The van der Waals surface area contributed by atoms with Gasteiger partial charge in [0.15, 0.2) is 0 Å². The Bertz CT molecular complexity index is 718. The van der Waals surface area contributed by atoms with E-state index in [1.54, 1.807) is 0 Å². The van der Waals surface area contributed by atoms with Gasteiger partial charge in [-0.25, -0.2) is 0 Å². The maximum absolute atomic E-state index is 12.6. The van der Waals surface area contributed by atoms with Gasteiger partial charge in [-0.1, -0.05) is 12.1 Å². The summed E-state index contributed by atoms with van der Waals surface area (Å²) in [5, 5.41) is 0. The van der Waals surface area contributed by atoms with E-state index in [-0.39, 0.29) is 5.91 Å². The predicted octanol–water partition coefficient (Wildman–Crippen LogP) is 2.85. The maximum atomic E-state index is 12.6. The molecule has 0 aromatic heterocycles. The molecule has 23 heavy (non-hydrogen) atoms. The number of carbonyl (C=O) groups is 1. The van der Waals surface area contributed by atoms with Crippen LogP contribution in [0.3, 0.4) is 0 Å². The Balaban J connectivity index is 1.66. The fraction of sp³-hybridized carbons (Fsp3) is 0.316. The van der Waals surface area contributed by atoms with Gasteiger partial charge in [0.2, 0.25) is 0 Å². The van der Waals surface area contributed by atoms with Crippen molar-refractivity contribution in [1.29, 1.82) is 0 Å². The Morgan fingerprint density at radius 2 is 1.70 bits per heavy atom. The van der Waals surface area contributed by atoms with Gasteiger partial charge in [0.05, 0.1) is 0 Å². The van der Waals surface area contributed by atoms with Crippen LogP contribution in [-0.2, 0) is 0 Å². The van der Waals surface area contributed by atoms with Crippen LogP contribution in [0.4, 0.5) is 11.4 Å². The van der Waals surface area contributed by atoms with E-state index in [1.807, 2.05) is 48.2 Å². The Hall–Kier alpha value is -2.49. The minimum atomic E-state index is 0.125. The lowest BCUT2D eigenvalue weighted by Crippen LogP contribution is -2.48. The predicted molar refractivity (Wildman–Crippen MR) is 94.9 cm³/mol. The zero-order chi connectivity index (χ0) is 16.4. The molecular weight excluding hydrogens is 286 g/mol. The number of nitrogens with two attached hydrogens (primary N) is 1. The minimum Gasteiger partial charge on any atom is -0.399 e. The summed E-state index contributed by atoms with van der Waals surface area (Å²) in [6.07, 6.45) is 0. The van der Waals surface area contributed by atoms with Crippen LogP contribution >= 0.6 is 0 Å². The van der Waals surface area contributed by atoms with Crippen molar-refractivity contribution in [1.82, 2.24) is 4.90 Å². The molecule has 120 valence electrons. The van der Waals surface area contributed by atoms with Crippen LogP contribution in [-0.4, -0.2) is 37.0 Å². The van der Waals surface area contributed by atoms with E-state index in [1.165, 1.54) is 5.56 Å². The summed E-state index contributed by atoms with van der Waals surface area (Å²) in [5.41, 5.74) is 10.9. The lowest BCUT2D eigenvalue weighted by Gasteiger charge is -2.36. The Morgan fingerprint density at radius 1 is 0.957 bits per heavy atom. The summed E-state index contributed by atoms with van der Waals surface area (Å²) in [4.78, 5) is 16.9. The first-order valence-electron chi connectivity index (χ1n) is 8.01. The van der Waals surface area contributed by atoms with Gasteiger partial charge in [-0.05, 0) is 55.3 Å². The van der Waals surface area contributed by atoms with Crippen LogP contribution in [0.25, 0.3) is 0 Å². The molecule has 0 aliphatic carbocycles. The highest BCUT2D eigenvalue weighted by Gasteiger charge is 2.22. The molecule has 0 spiro atoms. The largest absolute Gasteiger partial charge is 0.399 e. The molecule has 2 aromatic rings. The molecule has 1 amide bonds. The van der Waals surface area contributed by atoms with Gasteiger partial charge in [0.25, 0.3) is 5.91 Å². The molecule has 3 rings (SSSR count). The maximum Gasteiger partial charge on any atom is 0.253 e. The van der Waals surface area contributed by atoms with Gasteiger partial charge in [-0.15, -0.1) is 0 Å². The first-order valence-corrected chi connectivity index (χ1v) is 8.01. The monoisotopic (exact) mass is 309 g/mol. The zero-order valence-corrected chi connectivity index (χ0v) is 13.7.